The van der Waals surface area contributed by atoms with Gasteiger partial charge in [0.1, 0.15) is 17.2 Å². The van der Waals surface area contributed by atoms with Crippen LogP contribution in [-0.4, -0.2) is 10.00 Å². The number of hydrogen-bond acceptors (Lipinski definition) is 4. The van der Waals surface area contributed by atoms with Gasteiger partial charge in [-0.1, -0.05) is 42.5 Å². The number of para-hydroxylation sites is 1. The van der Waals surface area contributed by atoms with E-state index >= 15 is 0 Å². The first-order chi connectivity index (χ1) is 11.5. The van der Waals surface area contributed by atoms with Gasteiger partial charge < -0.3 is 14.2 Å². The topological polar surface area (TPSA) is 76.0 Å². The van der Waals surface area contributed by atoms with Crippen molar-refractivity contribution in [3.8, 4) is 28.4 Å². The first kappa shape index (κ1) is 16.1. The molecular formula is C18H15O5P. The van der Waals surface area contributed by atoms with Crippen LogP contribution in [0.15, 0.2) is 78.9 Å². The quantitative estimate of drug-likeness (QED) is 0.662. The zero-order valence-electron chi connectivity index (χ0n) is 12.6. The summed E-state index contributed by atoms with van der Waals surface area (Å²) < 4.78 is 22.1. The van der Waals surface area contributed by atoms with Crippen LogP contribution in [0.25, 0.3) is 11.1 Å². The molecule has 0 saturated heterocycles. The monoisotopic (exact) mass is 342 g/mol. The van der Waals surface area contributed by atoms with E-state index < -0.39 is 7.82 Å². The maximum absolute atomic E-state index is 12.0. The molecule has 3 aromatic rings. The van der Waals surface area contributed by atoms with Crippen LogP contribution in [0.5, 0.6) is 17.2 Å². The summed E-state index contributed by atoms with van der Waals surface area (Å²) in [6, 6.07) is 21.7. The van der Waals surface area contributed by atoms with Crippen LogP contribution >= 0.6 is 7.82 Å². The van der Waals surface area contributed by atoms with Crippen molar-refractivity contribution in [1.29, 1.82) is 0 Å². The van der Waals surface area contributed by atoms with Gasteiger partial charge in [0, 0.05) is 0 Å². The van der Waals surface area contributed by atoms with E-state index in [0.717, 1.165) is 11.1 Å². The molecule has 1 atom stereocenters. The molecule has 0 amide bonds. The molecule has 0 aliphatic carbocycles. The Morgan fingerprint density at radius 1 is 0.708 bits per heavy atom. The smallest absolute Gasteiger partial charge is 0.508 e. The van der Waals surface area contributed by atoms with Crippen LogP contribution in [0.4, 0.5) is 0 Å². The van der Waals surface area contributed by atoms with Crippen LogP contribution in [0.3, 0.4) is 0 Å². The fourth-order valence-electron chi connectivity index (χ4n) is 2.16. The molecule has 3 aromatic carbocycles. The van der Waals surface area contributed by atoms with Gasteiger partial charge in [0.2, 0.25) is 0 Å². The number of benzene rings is 3. The van der Waals surface area contributed by atoms with E-state index in [4.69, 9.17) is 9.05 Å². The number of hydrogen-bond donors (Lipinski definition) is 2. The van der Waals surface area contributed by atoms with Crippen LogP contribution in [0.1, 0.15) is 0 Å². The summed E-state index contributed by atoms with van der Waals surface area (Å²) in [6.07, 6.45) is 0. The maximum Gasteiger partial charge on any atom is 0.584 e. The normalized spacial score (nSPS) is 13.0. The van der Waals surface area contributed by atoms with Crippen LogP contribution in [0, 0.1) is 0 Å². The second kappa shape index (κ2) is 6.79. The zero-order chi connectivity index (χ0) is 17.0. The highest BCUT2D eigenvalue weighted by Crippen LogP contribution is 2.44. The van der Waals surface area contributed by atoms with E-state index in [-0.39, 0.29) is 17.2 Å². The standard InChI is InChI=1S/C18H15O5P/c19-16-6-4-5-15(13-16)14-9-11-18(12-10-14)23-24(20,21)22-17-7-2-1-3-8-17/h1-13,19H,(H,20,21). The number of phosphoric ester groups is 1. The van der Waals surface area contributed by atoms with Crippen LogP contribution in [0.2, 0.25) is 0 Å². The molecule has 24 heavy (non-hydrogen) atoms. The number of phenolic OH excluding ortho intramolecular Hbond substituents is 1. The van der Waals surface area contributed by atoms with E-state index in [2.05, 4.69) is 0 Å². The second-order valence-corrected chi connectivity index (χ2v) is 6.34. The Morgan fingerprint density at radius 3 is 1.96 bits per heavy atom. The lowest BCUT2D eigenvalue weighted by molar-refractivity contribution is 0.291. The summed E-state index contributed by atoms with van der Waals surface area (Å²) in [5, 5.41) is 9.51. The van der Waals surface area contributed by atoms with Gasteiger partial charge in [0.05, 0.1) is 0 Å². The van der Waals surface area contributed by atoms with Crippen molar-refractivity contribution in [3.05, 3.63) is 78.9 Å². The highest BCUT2D eigenvalue weighted by Gasteiger charge is 2.24. The molecule has 0 aliphatic heterocycles. The summed E-state index contributed by atoms with van der Waals surface area (Å²) >= 11 is 0. The van der Waals surface area contributed by atoms with Gasteiger partial charge in [-0.15, -0.1) is 0 Å². The molecule has 1 unspecified atom stereocenters. The molecule has 6 heteroatoms. The van der Waals surface area contributed by atoms with Crippen molar-refractivity contribution in [2.24, 2.45) is 0 Å². The SMILES string of the molecule is O=P(O)(Oc1ccccc1)Oc1ccc(-c2cccc(O)c2)cc1. The number of rotatable bonds is 5. The molecule has 0 fully saturated rings. The Morgan fingerprint density at radius 2 is 1.33 bits per heavy atom. The first-order valence-corrected chi connectivity index (χ1v) is 8.68. The minimum absolute atomic E-state index is 0.170. The number of phenols is 1. The molecule has 2 N–H and O–H groups in total. The lowest BCUT2D eigenvalue weighted by atomic mass is 10.1. The average Bonchev–Trinajstić information content (AvgIpc) is 2.55. The highest BCUT2D eigenvalue weighted by atomic mass is 31.2. The Labute approximate surface area is 139 Å². The fraction of sp³-hybridized carbons (Fsp3) is 0. The Balaban J connectivity index is 1.73. The summed E-state index contributed by atoms with van der Waals surface area (Å²) in [7, 11) is -4.27. The zero-order valence-corrected chi connectivity index (χ0v) is 13.5. The molecule has 0 spiro atoms. The van der Waals surface area contributed by atoms with Crippen LogP contribution < -0.4 is 9.05 Å². The third kappa shape index (κ3) is 4.16. The van der Waals surface area contributed by atoms with Crippen molar-refractivity contribution >= 4 is 7.82 Å². The minimum atomic E-state index is -4.27. The van der Waals surface area contributed by atoms with E-state index in [1.54, 1.807) is 72.8 Å². The van der Waals surface area contributed by atoms with Gasteiger partial charge in [0.15, 0.2) is 0 Å². The van der Waals surface area contributed by atoms with Crippen molar-refractivity contribution in [2.75, 3.05) is 0 Å². The molecule has 0 bridgehead atoms. The molecule has 0 heterocycles. The van der Waals surface area contributed by atoms with Crippen LogP contribution in [-0.2, 0) is 4.57 Å². The first-order valence-electron chi connectivity index (χ1n) is 7.18. The highest BCUT2D eigenvalue weighted by molar-refractivity contribution is 7.48. The van der Waals surface area contributed by atoms with Crippen molar-refractivity contribution < 1.29 is 23.6 Å². The number of phosphoric acid groups is 1. The third-order valence-electron chi connectivity index (χ3n) is 3.22. The second-order valence-electron chi connectivity index (χ2n) is 5.04. The predicted molar refractivity (Wildman–Crippen MR) is 91.1 cm³/mol. The molecule has 122 valence electrons. The molecule has 5 nitrogen and oxygen atoms in total. The van der Waals surface area contributed by atoms with E-state index in [1.807, 2.05) is 6.07 Å². The van der Waals surface area contributed by atoms with Crippen molar-refractivity contribution in [1.82, 2.24) is 0 Å². The lowest BCUT2D eigenvalue weighted by Gasteiger charge is -2.14. The third-order valence-corrected chi connectivity index (χ3v) is 4.10. The van der Waals surface area contributed by atoms with Gasteiger partial charge in [-0.3, -0.25) is 4.89 Å². The molecule has 0 aliphatic rings. The minimum Gasteiger partial charge on any atom is -0.508 e. The summed E-state index contributed by atoms with van der Waals surface area (Å²) in [6.45, 7) is 0. The Kier molecular flexibility index (Phi) is 4.56. The average molecular weight is 342 g/mol. The van der Waals surface area contributed by atoms with E-state index in [1.165, 1.54) is 0 Å². The molecule has 3 rings (SSSR count). The maximum atomic E-state index is 12.0. The van der Waals surface area contributed by atoms with Crippen molar-refractivity contribution in [3.63, 3.8) is 0 Å². The van der Waals surface area contributed by atoms with E-state index in [9.17, 15) is 14.6 Å². The summed E-state index contributed by atoms with van der Waals surface area (Å²) in [5.74, 6) is 0.629. The van der Waals surface area contributed by atoms with Gasteiger partial charge in [0.25, 0.3) is 0 Å². The summed E-state index contributed by atoms with van der Waals surface area (Å²) in [5.41, 5.74) is 1.67. The van der Waals surface area contributed by atoms with E-state index in [0.29, 0.717) is 0 Å². The van der Waals surface area contributed by atoms with Gasteiger partial charge in [-0.25, -0.2) is 4.57 Å². The number of aromatic hydroxyl groups is 1. The molecule has 0 radical (unpaired) electrons. The molecule has 0 aromatic heterocycles. The Hall–Kier alpha value is -2.75. The van der Waals surface area contributed by atoms with Crippen molar-refractivity contribution in [2.45, 2.75) is 0 Å². The predicted octanol–water partition coefficient (Wildman–Crippen LogP) is 4.62. The molecule has 0 saturated carbocycles. The van der Waals surface area contributed by atoms with Gasteiger partial charge >= 0.3 is 7.82 Å². The Bertz CT molecular complexity index is 862. The van der Waals surface area contributed by atoms with Gasteiger partial charge in [-0.05, 0) is 47.5 Å². The lowest BCUT2D eigenvalue weighted by Crippen LogP contribution is -1.99. The largest absolute Gasteiger partial charge is 0.584 e. The molecular weight excluding hydrogens is 327 g/mol. The van der Waals surface area contributed by atoms with Gasteiger partial charge in [-0.2, -0.15) is 0 Å². The fourth-order valence-corrected chi connectivity index (χ4v) is 2.97. The summed E-state index contributed by atoms with van der Waals surface area (Å²) in [4.78, 5) is 9.82.